The van der Waals surface area contributed by atoms with Gasteiger partial charge >= 0.3 is 11.9 Å². The number of aliphatic hydroxyl groups excluding tert-OH is 1. The van der Waals surface area contributed by atoms with Crippen LogP contribution in [0.2, 0.25) is 0 Å². The topological polar surface area (TPSA) is 110 Å². The Hall–Kier alpha value is -1.92. The van der Waals surface area contributed by atoms with Crippen molar-refractivity contribution in [2.24, 2.45) is 11.7 Å². The van der Waals surface area contributed by atoms with Gasteiger partial charge in [-0.1, -0.05) is 43.5 Å². The molecule has 6 nitrogen and oxygen atoms in total. The Morgan fingerprint density at radius 2 is 1.84 bits per heavy atom. The highest BCUT2D eigenvalue weighted by atomic mass is 16.5. The van der Waals surface area contributed by atoms with E-state index in [2.05, 4.69) is 4.74 Å². The van der Waals surface area contributed by atoms with Gasteiger partial charge in [0.05, 0.1) is 13.7 Å². The fourth-order valence-electron chi connectivity index (χ4n) is 2.74. The molecule has 0 aliphatic rings. The number of esters is 1. The summed E-state index contributed by atoms with van der Waals surface area (Å²) >= 11 is 0. The standard InChI is InChI=1S/C19H29NO5/c1-25-19(24)17(18(22)23)12-15-9-6-8-14(11-15)7-4-2-3-5-10-16(20)13-21/h6,8-9,11,16-17,21H,2-5,7,10,12-13,20H2,1H3,(H,22,23)/t16-,17?/m0/s1. The van der Waals surface area contributed by atoms with Gasteiger partial charge in [0.25, 0.3) is 0 Å². The molecule has 6 heteroatoms. The largest absolute Gasteiger partial charge is 0.481 e. The summed E-state index contributed by atoms with van der Waals surface area (Å²) in [7, 11) is 1.20. The first-order valence-corrected chi connectivity index (χ1v) is 8.72. The van der Waals surface area contributed by atoms with Crippen LogP contribution in [-0.2, 0) is 27.2 Å². The summed E-state index contributed by atoms with van der Waals surface area (Å²) in [6.45, 7) is 0.0374. The lowest BCUT2D eigenvalue weighted by Gasteiger charge is -2.11. The Morgan fingerprint density at radius 3 is 2.48 bits per heavy atom. The monoisotopic (exact) mass is 351 g/mol. The summed E-state index contributed by atoms with van der Waals surface area (Å²) in [5, 5.41) is 18.0. The van der Waals surface area contributed by atoms with Crippen molar-refractivity contribution in [3.8, 4) is 0 Å². The summed E-state index contributed by atoms with van der Waals surface area (Å²) in [5.41, 5.74) is 7.62. The van der Waals surface area contributed by atoms with Gasteiger partial charge in [-0.25, -0.2) is 0 Å². The first-order valence-electron chi connectivity index (χ1n) is 8.72. The van der Waals surface area contributed by atoms with Crippen molar-refractivity contribution < 1.29 is 24.5 Å². The van der Waals surface area contributed by atoms with E-state index in [1.165, 1.54) is 7.11 Å². The Labute approximate surface area is 149 Å². The molecule has 0 bridgehead atoms. The molecule has 0 heterocycles. The third-order valence-electron chi connectivity index (χ3n) is 4.24. The molecule has 25 heavy (non-hydrogen) atoms. The van der Waals surface area contributed by atoms with Gasteiger partial charge in [0, 0.05) is 6.04 Å². The predicted octanol–water partition coefficient (Wildman–Crippen LogP) is 1.92. The van der Waals surface area contributed by atoms with Crippen molar-refractivity contribution in [1.29, 1.82) is 0 Å². The molecule has 1 unspecified atom stereocenters. The Morgan fingerprint density at radius 1 is 1.16 bits per heavy atom. The summed E-state index contributed by atoms with van der Waals surface area (Å²) in [6.07, 6.45) is 6.11. The average molecular weight is 351 g/mol. The SMILES string of the molecule is COC(=O)C(Cc1cccc(CCCCCC[C@H](N)CO)c1)C(=O)O. The minimum atomic E-state index is -1.17. The van der Waals surface area contributed by atoms with Crippen LogP contribution in [-0.4, -0.2) is 41.9 Å². The third kappa shape index (κ3) is 8.14. The molecule has 0 aromatic heterocycles. The first kappa shape index (κ1) is 21.1. The van der Waals surface area contributed by atoms with Crippen LogP contribution in [0, 0.1) is 5.92 Å². The summed E-state index contributed by atoms with van der Waals surface area (Å²) in [6, 6.07) is 7.58. The van der Waals surface area contributed by atoms with Gasteiger partial charge in [-0.3, -0.25) is 9.59 Å². The number of carbonyl (C=O) groups is 2. The minimum Gasteiger partial charge on any atom is -0.481 e. The number of aliphatic carboxylic acids is 1. The van der Waals surface area contributed by atoms with E-state index in [1.54, 1.807) is 0 Å². The number of aryl methyl sites for hydroxylation is 1. The lowest BCUT2D eigenvalue weighted by molar-refractivity contribution is -0.156. The number of unbranched alkanes of at least 4 members (excludes halogenated alkanes) is 3. The lowest BCUT2D eigenvalue weighted by Crippen LogP contribution is -2.27. The number of rotatable bonds is 12. The summed E-state index contributed by atoms with van der Waals surface area (Å²) in [4.78, 5) is 22.8. The highest BCUT2D eigenvalue weighted by molar-refractivity contribution is 5.94. The third-order valence-corrected chi connectivity index (χ3v) is 4.24. The maximum absolute atomic E-state index is 11.6. The van der Waals surface area contributed by atoms with E-state index in [0.29, 0.717) is 0 Å². The van der Waals surface area contributed by atoms with E-state index in [4.69, 9.17) is 15.9 Å². The van der Waals surface area contributed by atoms with Crippen LogP contribution in [0.5, 0.6) is 0 Å². The van der Waals surface area contributed by atoms with E-state index in [9.17, 15) is 9.59 Å². The molecular weight excluding hydrogens is 322 g/mol. The van der Waals surface area contributed by atoms with Gasteiger partial charge in [-0.05, 0) is 36.8 Å². The maximum Gasteiger partial charge on any atom is 0.320 e. The van der Waals surface area contributed by atoms with Gasteiger partial charge in [0.15, 0.2) is 5.92 Å². The number of carboxylic acid groups (broad SMARTS) is 1. The molecule has 1 aromatic carbocycles. The molecule has 1 rings (SSSR count). The summed E-state index contributed by atoms with van der Waals surface area (Å²) in [5.74, 6) is -3.06. The molecule has 0 radical (unpaired) electrons. The number of carboxylic acids is 1. The van der Waals surface area contributed by atoms with Crippen LogP contribution in [0.3, 0.4) is 0 Å². The smallest absolute Gasteiger partial charge is 0.320 e. The normalized spacial score (nSPS) is 13.2. The van der Waals surface area contributed by atoms with Crippen molar-refractivity contribution in [3.63, 3.8) is 0 Å². The number of hydrogen-bond acceptors (Lipinski definition) is 5. The predicted molar refractivity (Wildman–Crippen MR) is 95.1 cm³/mol. The second-order valence-corrected chi connectivity index (χ2v) is 6.33. The quantitative estimate of drug-likeness (QED) is 0.301. The number of hydrogen-bond donors (Lipinski definition) is 3. The number of nitrogens with two attached hydrogens (primary N) is 1. The molecule has 0 aliphatic heterocycles. The highest BCUT2D eigenvalue weighted by Gasteiger charge is 2.27. The highest BCUT2D eigenvalue weighted by Crippen LogP contribution is 2.15. The molecule has 1 aromatic rings. The van der Waals surface area contributed by atoms with E-state index < -0.39 is 17.9 Å². The molecule has 0 saturated heterocycles. The molecular formula is C19H29NO5. The molecule has 0 fully saturated rings. The van der Waals surface area contributed by atoms with Crippen molar-refractivity contribution in [2.45, 2.75) is 51.0 Å². The van der Waals surface area contributed by atoms with E-state index >= 15 is 0 Å². The zero-order valence-electron chi connectivity index (χ0n) is 14.8. The molecule has 0 aliphatic carbocycles. The van der Waals surface area contributed by atoms with Crippen LogP contribution in [0.15, 0.2) is 24.3 Å². The number of aliphatic hydroxyl groups is 1. The van der Waals surface area contributed by atoms with Gasteiger partial charge in [-0.2, -0.15) is 0 Å². The van der Waals surface area contributed by atoms with Crippen LogP contribution >= 0.6 is 0 Å². The first-order chi connectivity index (χ1) is 12.0. The Bertz CT molecular complexity index is 546. The number of methoxy groups -OCH3 is 1. The fourth-order valence-corrected chi connectivity index (χ4v) is 2.74. The van der Waals surface area contributed by atoms with Gasteiger partial charge in [0.1, 0.15) is 0 Å². The van der Waals surface area contributed by atoms with Gasteiger partial charge in [-0.15, -0.1) is 0 Å². The lowest BCUT2D eigenvalue weighted by atomic mass is 9.96. The van der Waals surface area contributed by atoms with Crippen molar-refractivity contribution in [3.05, 3.63) is 35.4 Å². The number of ether oxygens (including phenoxy) is 1. The van der Waals surface area contributed by atoms with Gasteiger partial charge < -0.3 is 20.7 Å². The van der Waals surface area contributed by atoms with E-state index in [1.807, 2.05) is 24.3 Å². The summed E-state index contributed by atoms with van der Waals surface area (Å²) < 4.78 is 4.56. The molecule has 4 N–H and O–H groups in total. The molecule has 0 saturated carbocycles. The molecule has 140 valence electrons. The second-order valence-electron chi connectivity index (χ2n) is 6.33. The average Bonchev–Trinajstić information content (AvgIpc) is 2.61. The van der Waals surface area contributed by atoms with Crippen LogP contribution < -0.4 is 5.73 Å². The van der Waals surface area contributed by atoms with E-state index in [0.717, 1.165) is 49.7 Å². The number of benzene rings is 1. The zero-order chi connectivity index (χ0) is 18.7. The molecule has 0 amide bonds. The van der Waals surface area contributed by atoms with Crippen LogP contribution in [0.1, 0.15) is 43.2 Å². The number of carbonyl (C=O) groups excluding carboxylic acids is 1. The maximum atomic E-state index is 11.6. The second kappa shape index (κ2) is 11.6. The fraction of sp³-hybridized carbons (Fsp3) is 0.579. The van der Waals surface area contributed by atoms with Crippen molar-refractivity contribution in [2.75, 3.05) is 13.7 Å². The minimum absolute atomic E-state index is 0.0374. The van der Waals surface area contributed by atoms with Crippen molar-refractivity contribution in [1.82, 2.24) is 0 Å². The Kier molecular flexibility index (Phi) is 9.80. The van der Waals surface area contributed by atoms with Crippen LogP contribution in [0.25, 0.3) is 0 Å². The van der Waals surface area contributed by atoms with Crippen molar-refractivity contribution >= 4 is 11.9 Å². The molecule has 0 spiro atoms. The zero-order valence-corrected chi connectivity index (χ0v) is 14.8. The van der Waals surface area contributed by atoms with Crippen LogP contribution in [0.4, 0.5) is 0 Å². The molecule has 2 atom stereocenters. The van der Waals surface area contributed by atoms with Gasteiger partial charge in [0.2, 0.25) is 0 Å². The van der Waals surface area contributed by atoms with E-state index in [-0.39, 0.29) is 19.1 Å². The Balaban J connectivity index is 2.44.